The topological polar surface area (TPSA) is 68.9 Å². The van der Waals surface area contributed by atoms with E-state index in [0.717, 1.165) is 42.8 Å². The van der Waals surface area contributed by atoms with Gasteiger partial charge in [-0.3, -0.25) is 9.36 Å². The standard InChI is InChI=1S/C23H26N4O2/c28-22(21(18-10-3-1-4-11-18)19-12-5-2-6-13-19)24-15-9-17-27-23(29)26-16-8-7-14-20(26)25-27/h1-6,10-13,21H,7-9,14-17H2,(H,24,28). The van der Waals surface area contributed by atoms with Crippen molar-refractivity contribution in [1.29, 1.82) is 0 Å². The fourth-order valence-electron chi connectivity index (χ4n) is 3.92. The predicted molar refractivity (Wildman–Crippen MR) is 112 cm³/mol. The molecule has 0 radical (unpaired) electrons. The van der Waals surface area contributed by atoms with Gasteiger partial charge in [0.15, 0.2) is 0 Å². The normalized spacial score (nSPS) is 13.3. The molecule has 2 heterocycles. The van der Waals surface area contributed by atoms with Crippen molar-refractivity contribution in [3.63, 3.8) is 0 Å². The SMILES string of the molecule is O=C(NCCCn1nc2n(c1=O)CCCC2)C(c1ccccc1)c1ccccc1. The van der Waals surface area contributed by atoms with Crippen LogP contribution in [0.25, 0.3) is 0 Å². The first kappa shape index (κ1) is 19.2. The van der Waals surface area contributed by atoms with Crippen LogP contribution in [0.4, 0.5) is 0 Å². The highest BCUT2D eigenvalue weighted by Crippen LogP contribution is 2.24. The van der Waals surface area contributed by atoms with Crippen LogP contribution in [0.3, 0.4) is 0 Å². The zero-order valence-corrected chi connectivity index (χ0v) is 16.5. The molecule has 3 aromatic rings. The summed E-state index contributed by atoms with van der Waals surface area (Å²) in [5.74, 6) is 0.512. The summed E-state index contributed by atoms with van der Waals surface area (Å²) < 4.78 is 3.32. The Kier molecular flexibility index (Phi) is 5.89. The van der Waals surface area contributed by atoms with E-state index in [0.29, 0.717) is 19.5 Å². The lowest BCUT2D eigenvalue weighted by Gasteiger charge is -2.18. The van der Waals surface area contributed by atoms with E-state index >= 15 is 0 Å². The highest BCUT2D eigenvalue weighted by molar-refractivity contribution is 5.87. The van der Waals surface area contributed by atoms with Gasteiger partial charge in [0, 0.05) is 26.1 Å². The van der Waals surface area contributed by atoms with Crippen LogP contribution >= 0.6 is 0 Å². The Morgan fingerprint density at radius 3 is 2.28 bits per heavy atom. The maximum Gasteiger partial charge on any atom is 0.345 e. The first-order chi connectivity index (χ1) is 14.2. The molecule has 0 unspecified atom stereocenters. The molecule has 0 spiro atoms. The first-order valence-corrected chi connectivity index (χ1v) is 10.3. The molecule has 1 amide bonds. The third-order valence-corrected chi connectivity index (χ3v) is 5.41. The molecule has 1 aliphatic rings. The number of benzene rings is 2. The van der Waals surface area contributed by atoms with E-state index in [1.54, 1.807) is 9.25 Å². The number of amides is 1. The molecule has 1 N–H and O–H groups in total. The lowest BCUT2D eigenvalue weighted by atomic mass is 9.90. The zero-order valence-electron chi connectivity index (χ0n) is 16.5. The average molecular weight is 390 g/mol. The van der Waals surface area contributed by atoms with Crippen LogP contribution in [0.5, 0.6) is 0 Å². The minimum atomic E-state index is -0.347. The number of rotatable bonds is 7. The van der Waals surface area contributed by atoms with Crippen molar-refractivity contribution in [3.05, 3.63) is 88.1 Å². The summed E-state index contributed by atoms with van der Waals surface area (Å²) in [6.07, 6.45) is 3.66. The largest absolute Gasteiger partial charge is 0.355 e. The Morgan fingerprint density at radius 2 is 1.66 bits per heavy atom. The summed E-state index contributed by atoms with van der Waals surface area (Å²) in [7, 11) is 0. The van der Waals surface area contributed by atoms with E-state index in [-0.39, 0.29) is 17.5 Å². The smallest absolute Gasteiger partial charge is 0.345 e. The number of carbonyl (C=O) groups is 1. The van der Waals surface area contributed by atoms with Gasteiger partial charge in [0.25, 0.3) is 0 Å². The van der Waals surface area contributed by atoms with Crippen LogP contribution in [0.2, 0.25) is 0 Å². The number of nitrogens with zero attached hydrogens (tertiary/aromatic N) is 3. The Morgan fingerprint density at radius 1 is 1.00 bits per heavy atom. The molecule has 6 heteroatoms. The van der Waals surface area contributed by atoms with E-state index in [1.165, 1.54) is 0 Å². The molecular weight excluding hydrogens is 364 g/mol. The molecule has 0 bridgehead atoms. The number of nitrogens with one attached hydrogen (secondary N) is 1. The fraction of sp³-hybridized carbons (Fsp3) is 0.348. The van der Waals surface area contributed by atoms with Gasteiger partial charge in [0.05, 0.1) is 5.92 Å². The van der Waals surface area contributed by atoms with Gasteiger partial charge >= 0.3 is 5.69 Å². The number of aryl methyl sites for hydroxylation is 2. The summed E-state index contributed by atoms with van der Waals surface area (Å²) in [4.78, 5) is 25.4. The maximum absolute atomic E-state index is 13.0. The number of hydrogen-bond acceptors (Lipinski definition) is 3. The Labute approximate surface area is 170 Å². The molecule has 4 rings (SSSR count). The molecule has 29 heavy (non-hydrogen) atoms. The molecule has 6 nitrogen and oxygen atoms in total. The highest BCUT2D eigenvalue weighted by atomic mass is 16.2. The maximum atomic E-state index is 13.0. The van der Waals surface area contributed by atoms with Gasteiger partial charge in [-0.25, -0.2) is 9.48 Å². The van der Waals surface area contributed by atoms with Gasteiger partial charge in [0.1, 0.15) is 5.82 Å². The van der Waals surface area contributed by atoms with Crippen LogP contribution in [-0.4, -0.2) is 26.8 Å². The Bertz CT molecular complexity index is 969. The Balaban J connectivity index is 1.39. The fourth-order valence-corrected chi connectivity index (χ4v) is 3.92. The minimum absolute atomic E-state index is 0.0288. The monoisotopic (exact) mass is 390 g/mol. The zero-order chi connectivity index (χ0) is 20.1. The molecular formula is C23H26N4O2. The van der Waals surface area contributed by atoms with Gasteiger partial charge in [-0.1, -0.05) is 60.7 Å². The third-order valence-electron chi connectivity index (χ3n) is 5.41. The van der Waals surface area contributed by atoms with Gasteiger partial charge in [-0.15, -0.1) is 0 Å². The van der Waals surface area contributed by atoms with Gasteiger partial charge in [0.2, 0.25) is 5.91 Å². The van der Waals surface area contributed by atoms with Crippen LogP contribution in [-0.2, 0) is 24.3 Å². The molecule has 150 valence electrons. The molecule has 0 saturated heterocycles. The summed E-state index contributed by atoms with van der Waals surface area (Å²) in [5.41, 5.74) is 1.90. The van der Waals surface area contributed by atoms with Gasteiger partial charge in [-0.2, -0.15) is 5.10 Å². The van der Waals surface area contributed by atoms with E-state index in [2.05, 4.69) is 10.4 Å². The molecule has 1 aromatic heterocycles. The second-order valence-corrected chi connectivity index (χ2v) is 7.43. The number of carbonyl (C=O) groups excluding carboxylic acids is 1. The molecule has 1 aliphatic heterocycles. The van der Waals surface area contributed by atoms with Crippen molar-refractivity contribution in [1.82, 2.24) is 19.7 Å². The first-order valence-electron chi connectivity index (χ1n) is 10.3. The van der Waals surface area contributed by atoms with E-state index < -0.39 is 0 Å². The van der Waals surface area contributed by atoms with Crippen molar-refractivity contribution in [2.75, 3.05) is 6.54 Å². The number of fused-ring (bicyclic) bond motifs is 1. The van der Waals surface area contributed by atoms with Gasteiger partial charge < -0.3 is 5.32 Å². The van der Waals surface area contributed by atoms with Crippen LogP contribution in [0, 0.1) is 0 Å². The summed E-state index contributed by atoms with van der Waals surface area (Å²) in [6, 6.07) is 19.6. The molecule has 2 aromatic carbocycles. The van der Waals surface area contributed by atoms with Gasteiger partial charge in [-0.05, 0) is 30.4 Å². The average Bonchev–Trinajstić information content (AvgIpc) is 3.09. The summed E-state index contributed by atoms with van der Waals surface area (Å²) in [5, 5.41) is 7.49. The van der Waals surface area contributed by atoms with Crippen LogP contribution in [0.1, 0.15) is 42.1 Å². The molecule has 0 aliphatic carbocycles. The molecule has 0 saturated carbocycles. The van der Waals surface area contributed by atoms with Crippen molar-refractivity contribution < 1.29 is 4.79 Å². The summed E-state index contributed by atoms with van der Waals surface area (Å²) >= 11 is 0. The second-order valence-electron chi connectivity index (χ2n) is 7.43. The van der Waals surface area contributed by atoms with Crippen molar-refractivity contribution in [2.45, 2.75) is 44.7 Å². The van der Waals surface area contributed by atoms with Crippen LogP contribution in [0.15, 0.2) is 65.5 Å². The third kappa shape index (κ3) is 4.31. The minimum Gasteiger partial charge on any atom is -0.355 e. The molecule has 0 fully saturated rings. The molecule has 0 atom stereocenters. The number of aromatic nitrogens is 3. The van der Waals surface area contributed by atoms with Crippen molar-refractivity contribution in [2.24, 2.45) is 0 Å². The second kappa shape index (κ2) is 8.90. The van der Waals surface area contributed by atoms with Crippen LogP contribution < -0.4 is 11.0 Å². The van der Waals surface area contributed by atoms with E-state index in [1.807, 2.05) is 60.7 Å². The number of hydrogen-bond donors (Lipinski definition) is 1. The predicted octanol–water partition coefficient (Wildman–Crippen LogP) is 2.72. The lowest BCUT2D eigenvalue weighted by Crippen LogP contribution is -2.32. The van der Waals surface area contributed by atoms with E-state index in [9.17, 15) is 9.59 Å². The quantitative estimate of drug-likeness (QED) is 0.631. The lowest BCUT2D eigenvalue weighted by molar-refractivity contribution is -0.121. The highest BCUT2D eigenvalue weighted by Gasteiger charge is 2.22. The van der Waals surface area contributed by atoms with Crippen molar-refractivity contribution in [3.8, 4) is 0 Å². The summed E-state index contributed by atoms with van der Waals surface area (Å²) in [6.45, 7) is 1.78. The Hall–Kier alpha value is -3.15. The van der Waals surface area contributed by atoms with Crippen molar-refractivity contribution >= 4 is 5.91 Å². The van der Waals surface area contributed by atoms with E-state index in [4.69, 9.17) is 0 Å².